The number of hydrogen-bond acceptors (Lipinski definition) is 3. The molecule has 0 aliphatic carbocycles. The second-order valence-corrected chi connectivity index (χ2v) is 3.64. The Hall–Kier alpha value is -0.830. The summed E-state index contributed by atoms with van der Waals surface area (Å²) in [4.78, 5) is 4.15. The van der Waals surface area contributed by atoms with Crippen molar-refractivity contribution in [2.75, 3.05) is 0 Å². The molecule has 0 saturated carbocycles. The van der Waals surface area contributed by atoms with E-state index in [9.17, 15) is 0 Å². The van der Waals surface area contributed by atoms with E-state index >= 15 is 0 Å². The molecule has 1 rings (SSSR count). The van der Waals surface area contributed by atoms with Crippen molar-refractivity contribution in [3.63, 3.8) is 0 Å². The van der Waals surface area contributed by atoms with Gasteiger partial charge >= 0.3 is 0 Å². The Balaban J connectivity index is 2.31. The van der Waals surface area contributed by atoms with E-state index in [0.29, 0.717) is 6.04 Å². The fourth-order valence-corrected chi connectivity index (χ4v) is 1.51. The second kappa shape index (κ2) is 5.81. The molecule has 0 radical (unpaired) electrons. The van der Waals surface area contributed by atoms with Crippen molar-refractivity contribution in [2.45, 2.75) is 52.6 Å². The van der Waals surface area contributed by atoms with E-state index in [2.05, 4.69) is 24.1 Å². The topological polar surface area (TPSA) is 38.1 Å². The van der Waals surface area contributed by atoms with E-state index in [1.165, 1.54) is 12.8 Å². The van der Waals surface area contributed by atoms with Crippen molar-refractivity contribution in [3.8, 4) is 0 Å². The van der Waals surface area contributed by atoms with Gasteiger partial charge in [0.2, 0.25) is 5.89 Å². The van der Waals surface area contributed by atoms with E-state index in [1.807, 2.05) is 6.92 Å². The lowest BCUT2D eigenvalue weighted by Crippen LogP contribution is -2.27. The van der Waals surface area contributed by atoms with Crippen LogP contribution in [0.15, 0.2) is 10.6 Å². The summed E-state index contributed by atoms with van der Waals surface area (Å²) in [6.07, 6.45) is 5.36. The molecule has 1 atom stereocenters. The Labute approximate surface area is 85.9 Å². The van der Waals surface area contributed by atoms with Gasteiger partial charge in [-0.15, -0.1) is 0 Å². The molecule has 14 heavy (non-hydrogen) atoms. The number of oxazole rings is 1. The highest BCUT2D eigenvalue weighted by molar-refractivity contribution is 4.90. The molecule has 3 heteroatoms. The number of aryl methyl sites for hydroxylation is 1. The highest BCUT2D eigenvalue weighted by atomic mass is 16.4. The van der Waals surface area contributed by atoms with Gasteiger partial charge < -0.3 is 9.73 Å². The number of aromatic nitrogens is 1. The molecule has 0 spiro atoms. The van der Waals surface area contributed by atoms with Crippen LogP contribution in [0.4, 0.5) is 0 Å². The predicted molar refractivity (Wildman–Crippen MR) is 57.1 cm³/mol. The van der Waals surface area contributed by atoms with Gasteiger partial charge in [-0.2, -0.15) is 0 Å². The molecule has 0 fully saturated rings. The molecule has 0 amide bonds. The smallest absolute Gasteiger partial charge is 0.208 e. The van der Waals surface area contributed by atoms with Crippen LogP contribution in [0.25, 0.3) is 0 Å². The van der Waals surface area contributed by atoms with E-state index in [0.717, 1.165) is 24.6 Å². The zero-order chi connectivity index (χ0) is 10.4. The maximum Gasteiger partial charge on any atom is 0.208 e. The Morgan fingerprint density at radius 3 is 2.79 bits per heavy atom. The maximum atomic E-state index is 5.38. The Kier molecular flexibility index (Phi) is 4.66. The minimum absolute atomic E-state index is 0.590. The first-order valence-corrected chi connectivity index (χ1v) is 5.41. The van der Waals surface area contributed by atoms with Crippen LogP contribution in [-0.4, -0.2) is 11.0 Å². The number of nitrogens with zero attached hydrogens (tertiary/aromatic N) is 1. The van der Waals surface area contributed by atoms with Crippen LogP contribution < -0.4 is 5.32 Å². The molecule has 1 heterocycles. The molecular formula is C11H20N2O. The Bertz CT molecular complexity index is 258. The molecule has 0 bridgehead atoms. The molecule has 1 aromatic rings. The van der Waals surface area contributed by atoms with Gasteiger partial charge in [-0.1, -0.05) is 20.3 Å². The maximum absolute atomic E-state index is 5.38. The fraction of sp³-hybridized carbons (Fsp3) is 0.727. The van der Waals surface area contributed by atoms with Gasteiger partial charge in [0.1, 0.15) is 5.76 Å². The van der Waals surface area contributed by atoms with Crippen molar-refractivity contribution < 1.29 is 4.42 Å². The average molecular weight is 196 g/mol. The second-order valence-electron chi connectivity index (χ2n) is 3.64. The first-order valence-electron chi connectivity index (χ1n) is 5.41. The molecule has 3 nitrogen and oxygen atoms in total. The Morgan fingerprint density at radius 1 is 1.50 bits per heavy atom. The minimum atomic E-state index is 0.590. The summed E-state index contributed by atoms with van der Waals surface area (Å²) in [5.41, 5.74) is 0. The van der Waals surface area contributed by atoms with Crippen molar-refractivity contribution in [3.05, 3.63) is 17.8 Å². The summed E-state index contributed by atoms with van der Waals surface area (Å²) >= 11 is 0. The van der Waals surface area contributed by atoms with Crippen LogP contribution in [0.3, 0.4) is 0 Å². The van der Waals surface area contributed by atoms with Crippen molar-refractivity contribution in [1.29, 1.82) is 0 Å². The third-order valence-corrected chi connectivity index (χ3v) is 2.34. The summed E-state index contributed by atoms with van der Waals surface area (Å²) in [6.45, 7) is 7.07. The normalized spacial score (nSPS) is 13.1. The summed E-state index contributed by atoms with van der Waals surface area (Å²) in [5, 5.41) is 3.44. The number of hydrogen-bond donors (Lipinski definition) is 1. The van der Waals surface area contributed by atoms with Crippen molar-refractivity contribution in [2.24, 2.45) is 0 Å². The summed E-state index contributed by atoms with van der Waals surface area (Å²) < 4.78 is 5.38. The van der Waals surface area contributed by atoms with Crippen molar-refractivity contribution >= 4 is 0 Å². The standard InChI is InChI=1S/C11H20N2O/c1-4-6-10(5-2)12-8-11-13-7-9(3)14-11/h7,10,12H,4-6,8H2,1-3H3. The lowest BCUT2D eigenvalue weighted by molar-refractivity contribution is 0.402. The Morgan fingerprint density at radius 2 is 2.29 bits per heavy atom. The number of nitrogens with one attached hydrogen (secondary N) is 1. The van der Waals surface area contributed by atoms with E-state index in [-0.39, 0.29) is 0 Å². The van der Waals surface area contributed by atoms with Gasteiger partial charge in [-0.3, -0.25) is 0 Å². The van der Waals surface area contributed by atoms with Crippen molar-refractivity contribution in [1.82, 2.24) is 10.3 Å². The van der Waals surface area contributed by atoms with Crippen LogP contribution in [0.5, 0.6) is 0 Å². The quantitative estimate of drug-likeness (QED) is 0.760. The monoisotopic (exact) mass is 196 g/mol. The first-order chi connectivity index (χ1) is 6.76. The summed E-state index contributed by atoms with van der Waals surface area (Å²) in [7, 11) is 0. The molecule has 1 aromatic heterocycles. The molecule has 0 aromatic carbocycles. The lowest BCUT2D eigenvalue weighted by Gasteiger charge is -2.14. The predicted octanol–water partition coefficient (Wildman–Crippen LogP) is 2.65. The minimum Gasteiger partial charge on any atom is -0.445 e. The third-order valence-electron chi connectivity index (χ3n) is 2.34. The highest BCUT2D eigenvalue weighted by Gasteiger charge is 2.06. The van der Waals surface area contributed by atoms with Crippen LogP contribution in [0.1, 0.15) is 44.8 Å². The molecule has 0 saturated heterocycles. The molecular weight excluding hydrogens is 176 g/mol. The fourth-order valence-electron chi connectivity index (χ4n) is 1.51. The molecule has 1 unspecified atom stereocenters. The van der Waals surface area contributed by atoms with E-state index < -0.39 is 0 Å². The van der Waals surface area contributed by atoms with E-state index in [4.69, 9.17) is 4.42 Å². The lowest BCUT2D eigenvalue weighted by atomic mass is 10.1. The van der Waals surface area contributed by atoms with Crippen LogP contribution in [0, 0.1) is 6.92 Å². The van der Waals surface area contributed by atoms with E-state index in [1.54, 1.807) is 6.20 Å². The van der Waals surface area contributed by atoms with Crippen LogP contribution in [0.2, 0.25) is 0 Å². The average Bonchev–Trinajstić information content (AvgIpc) is 2.59. The molecule has 1 N–H and O–H groups in total. The first kappa shape index (κ1) is 11.2. The SMILES string of the molecule is CCCC(CC)NCc1ncc(C)o1. The molecule has 80 valence electrons. The molecule has 0 aliphatic heterocycles. The third kappa shape index (κ3) is 3.50. The van der Waals surface area contributed by atoms with Gasteiger partial charge in [0, 0.05) is 6.04 Å². The zero-order valence-corrected chi connectivity index (χ0v) is 9.34. The van der Waals surface area contributed by atoms with Gasteiger partial charge in [-0.25, -0.2) is 4.98 Å². The van der Waals surface area contributed by atoms with Gasteiger partial charge in [0.15, 0.2) is 0 Å². The summed E-state index contributed by atoms with van der Waals surface area (Å²) in [5.74, 6) is 1.67. The van der Waals surface area contributed by atoms with Crippen LogP contribution >= 0.6 is 0 Å². The van der Waals surface area contributed by atoms with Gasteiger partial charge in [0.05, 0.1) is 12.7 Å². The van der Waals surface area contributed by atoms with Crippen LogP contribution in [-0.2, 0) is 6.54 Å². The van der Waals surface area contributed by atoms with Gasteiger partial charge in [0.25, 0.3) is 0 Å². The van der Waals surface area contributed by atoms with Gasteiger partial charge in [-0.05, 0) is 19.8 Å². The largest absolute Gasteiger partial charge is 0.445 e. The summed E-state index contributed by atoms with van der Waals surface area (Å²) in [6, 6.07) is 0.590. The zero-order valence-electron chi connectivity index (χ0n) is 9.34. The highest BCUT2D eigenvalue weighted by Crippen LogP contribution is 2.04. The molecule has 0 aliphatic rings. The number of rotatable bonds is 6.